The van der Waals surface area contributed by atoms with Crippen LogP contribution in [-0.4, -0.2) is 43.1 Å². The first-order chi connectivity index (χ1) is 14.5. The number of anilines is 1. The maximum atomic E-state index is 12.5. The minimum absolute atomic E-state index is 0.0789. The number of likely N-dealkylation sites (tertiary alicyclic amines) is 1. The predicted octanol–water partition coefficient (Wildman–Crippen LogP) is 3.89. The number of para-hydroxylation sites is 1. The first-order valence-corrected chi connectivity index (χ1v) is 9.93. The standard InChI is InChI=1S/C22H25F2N3O3/c23-21(24)30-19-10-8-16(9-11-19)12-13-25-22(29)27-14-4-5-17(15-27)20(28)26-18-6-2-1-3-7-18/h1-3,6-11,17,21H,4-5,12-15H2,(H,25,29)(H,26,28). The van der Waals surface area contributed by atoms with E-state index in [1.165, 1.54) is 12.1 Å². The summed E-state index contributed by atoms with van der Waals surface area (Å²) in [6.07, 6.45) is 2.08. The number of carbonyl (C=O) groups is 2. The quantitative estimate of drug-likeness (QED) is 0.718. The Morgan fingerprint density at radius 2 is 1.83 bits per heavy atom. The van der Waals surface area contributed by atoms with Gasteiger partial charge in [0.05, 0.1) is 5.92 Å². The number of nitrogens with one attached hydrogen (secondary N) is 2. The molecule has 3 rings (SSSR count). The molecule has 1 aliphatic rings. The summed E-state index contributed by atoms with van der Waals surface area (Å²) in [4.78, 5) is 26.6. The molecule has 0 radical (unpaired) electrons. The van der Waals surface area contributed by atoms with Gasteiger partial charge in [0.15, 0.2) is 0 Å². The fourth-order valence-electron chi connectivity index (χ4n) is 3.40. The van der Waals surface area contributed by atoms with Crippen LogP contribution in [0.2, 0.25) is 0 Å². The molecule has 6 nitrogen and oxygen atoms in total. The number of nitrogens with zero attached hydrogens (tertiary/aromatic N) is 1. The fourth-order valence-corrected chi connectivity index (χ4v) is 3.40. The molecule has 1 aliphatic heterocycles. The molecular formula is C22H25F2N3O3. The number of halogens is 2. The van der Waals surface area contributed by atoms with E-state index in [0.717, 1.165) is 24.1 Å². The normalized spacial score (nSPS) is 16.2. The van der Waals surface area contributed by atoms with Crippen molar-refractivity contribution < 1.29 is 23.1 Å². The summed E-state index contributed by atoms with van der Waals surface area (Å²) >= 11 is 0. The largest absolute Gasteiger partial charge is 0.435 e. The second-order valence-corrected chi connectivity index (χ2v) is 7.14. The van der Waals surface area contributed by atoms with Crippen LogP contribution in [0.15, 0.2) is 54.6 Å². The van der Waals surface area contributed by atoms with E-state index in [-0.39, 0.29) is 23.6 Å². The van der Waals surface area contributed by atoms with Crippen molar-refractivity contribution in [2.75, 3.05) is 25.0 Å². The minimum atomic E-state index is -2.85. The van der Waals surface area contributed by atoms with E-state index in [9.17, 15) is 18.4 Å². The fraction of sp³-hybridized carbons (Fsp3) is 0.364. The second kappa shape index (κ2) is 10.6. The lowest BCUT2D eigenvalue weighted by atomic mass is 9.97. The van der Waals surface area contributed by atoms with Crippen LogP contribution >= 0.6 is 0 Å². The van der Waals surface area contributed by atoms with Gasteiger partial charge in [0.2, 0.25) is 5.91 Å². The molecule has 0 aromatic heterocycles. The molecule has 0 aliphatic carbocycles. The summed E-state index contributed by atoms with van der Waals surface area (Å²) in [5.74, 6) is -0.220. The van der Waals surface area contributed by atoms with Crippen molar-refractivity contribution >= 4 is 17.6 Å². The van der Waals surface area contributed by atoms with Crippen LogP contribution < -0.4 is 15.4 Å². The molecular weight excluding hydrogens is 392 g/mol. The van der Waals surface area contributed by atoms with Gasteiger partial charge in [0, 0.05) is 25.3 Å². The molecule has 1 fully saturated rings. The summed E-state index contributed by atoms with van der Waals surface area (Å²) in [7, 11) is 0. The summed E-state index contributed by atoms with van der Waals surface area (Å²) in [6.45, 7) is -1.45. The van der Waals surface area contributed by atoms with Crippen LogP contribution in [0.25, 0.3) is 0 Å². The smallest absolute Gasteiger partial charge is 0.387 e. The monoisotopic (exact) mass is 417 g/mol. The van der Waals surface area contributed by atoms with Crippen LogP contribution in [-0.2, 0) is 11.2 Å². The molecule has 0 saturated carbocycles. The number of alkyl halides is 2. The molecule has 2 aromatic rings. The number of piperidine rings is 1. The molecule has 2 N–H and O–H groups in total. The van der Waals surface area contributed by atoms with Gasteiger partial charge in [-0.3, -0.25) is 4.79 Å². The SMILES string of the molecule is O=C(Nc1ccccc1)C1CCCN(C(=O)NCCc2ccc(OC(F)F)cc2)C1. The molecule has 3 amide bonds. The van der Waals surface area contributed by atoms with Gasteiger partial charge in [0.25, 0.3) is 0 Å². The maximum Gasteiger partial charge on any atom is 0.387 e. The van der Waals surface area contributed by atoms with E-state index in [2.05, 4.69) is 15.4 Å². The third-order valence-corrected chi connectivity index (χ3v) is 4.96. The maximum absolute atomic E-state index is 12.5. The zero-order valence-electron chi connectivity index (χ0n) is 16.5. The van der Waals surface area contributed by atoms with E-state index in [1.807, 2.05) is 30.3 Å². The van der Waals surface area contributed by atoms with Crippen LogP contribution in [0.1, 0.15) is 18.4 Å². The van der Waals surface area contributed by atoms with E-state index < -0.39 is 6.61 Å². The van der Waals surface area contributed by atoms with Crippen LogP contribution in [0.4, 0.5) is 19.3 Å². The lowest BCUT2D eigenvalue weighted by Gasteiger charge is -2.32. The highest BCUT2D eigenvalue weighted by atomic mass is 19.3. The highest BCUT2D eigenvalue weighted by Crippen LogP contribution is 2.19. The molecule has 2 aromatic carbocycles. The predicted molar refractivity (Wildman–Crippen MR) is 110 cm³/mol. The Bertz CT molecular complexity index is 831. The Hall–Kier alpha value is -3.16. The number of urea groups is 1. The minimum Gasteiger partial charge on any atom is -0.435 e. The first kappa shape index (κ1) is 21.5. The van der Waals surface area contributed by atoms with Crippen molar-refractivity contribution in [2.24, 2.45) is 5.92 Å². The number of hydrogen-bond acceptors (Lipinski definition) is 3. The van der Waals surface area contributed by atoms with Gasteiger partial charge in [-0.15, -0.1) is 0 Å². The Balaban J connectivity index is 1.43. The third kappa shape index (κ3) is 6.43. The zero-order chi connectivity index (χ0) is 21.3. The highest BCUT2D eigenvalue weighted by molar-refractivity contribution is 5.93. The molecule has 160 valence electrons. The van der Waals surface area contributed by atoms with Gasteiger partial charge in [-0.2, -0.15) is 8.78 Å². The second-order valence-electron chi connectivity index (χ2n) is 7.14. The summed E-state index contributed by atoms with van der Waals surface area (Å²) in [5.41, 5.74) is 1.64. The van der Waals surface area contributed by atoms with Crippen molar-refractivity contribution in [3.63, 3.8) is 0 Å². The Labute approximate surface area is 174 Å². The van der Waals surface area contributed by atoms with Gasteiger partial charge in [-0.25, -0.2) is 4.79 Å². The summed E-state index contributed by atoms with van der Waals surface area (Å²) in [5, 5.41) is 5.76. The number of ether oxygens (including phenoxy) is 1. The van der Waals surface area contributed by atoms with E-state index in [0.29, 0.717) is 26.1 Å². The molecule has 1 atom stereocenters. The van der Waals surface area contributed by atoms with Gasteiger partial charge in [-0.1, -0.05) is 30.3 Å². The number of amides is 3. The molecule has 30 heavy (non-hydrogen) atoms. The van der Waals surface area contributed by atoms with Gasteiger partial charge in [-0.05, 0) is 49.1 Å². The Morgan fingerprint density at radius 1 is 1.10 bits per heavy atom. The van der Waals surface area contributed by atoms with Gasteiger partial charge < -0.3 is 20.3 Å². The molecule has 0 bridgehead atoms. The Morgan fingerprint density at radius 3 is 2.53 bits per heavy atom. The van der Waals surface area contributed by atoms with Crippen molar-refractivity contribution in [1.29, 1.82) is 0 Å². The third-order valence-electron chi connectivity index (χ3n) is 4.96. The summed E-state index contributed by atoms with van der Waals surface area (Å²) in [6, 6.07) is 15.4. The van der Waals surface area contributed by atoms with Crippen LogP contribution in [0, 0.1) is 5.92 Å². The first-order valence-electron chi connectivity index (χ1n) is 9.93. The molecule has 1 heterocycles. The van der Waals surface area contributed by atoms with E-state index >= 15 is 0 Å². The van der Waals surface area contributed by atoms with Gasteiger partial charge in [0.1, 0.15) is 5.75 Å². The number of carbonyl (C=O) groups excluding carboxylic acids is 2. The number of benzene rings is 2. The zero-order valence-corrected chi connectivity index (χ0v) is 16.5. The highest BCUT2D eigenvalue weighted by Gasteiger charge is 2.28. The lowest BCUT2D eigenvalue weighted by Crippen LogP contribution is -2.48. The molecule has 0 spiro atoms. The summed E-state index contributed by atoms with van der Waals surface area (Å²) < 4.78 is 28.7. The molecule has 1 unspecified atom stereocenters. The van der Waals surface area contributed by atoms with Crippen molar-refractivity contribution in [3.05, 3.63) is 60.2 Å². The average Bonchev–Trinajstić information content (AvgIpc) is 2.75. The topological polar surface area (TPSA) is 70.7 Å². The van der Waals surface area contributed by atoms with Crippen LogP contribution in [0.3, 0.4) is 0 Å². The van der Waals surface area contributed by atoms with Crippen molar-refractivity contribution in [3.8, 4) is 5.75 Å². The van der Waals surface area contributed by atoms with Crippen molar-refractivity contribution in [1.82, 2.24) is 10.2 Å². The number of hydrogen-bond donors (Lipinski definition) is 2. The number of rotatable bonds is 7. The Kier molecular flexibility index (Phi) is 7.59. The molecule has 1 saturated heterocycles. The van der Waals surface area contributed by atoms with E-state index in [4.69, 9.17) is 0 Å². The lowest BCUT2D eigenvalue weighted by molar-refractivity contribution is -0.121. The van der Waals surface area contributed by atoms with Crippen LogP contribution in [0.5, 0.6) is 5.75 Å². The van der Waals surface area contributed by atoms with Gasteiger partial charge >= 0.3 is 12.6 Å². The average molecular weight is 417 g/mol. The van der Waals surface area contributed by atoms with Crippen molar-refractivity contribution in [2.45, 2.75) is 25.9 Å². The molecule has 8 heteroatoms. The van der Waals surface area contributed by atoms with E-state index in [1.54, 1.807) is 17.0 Å².